The van der Waals surface area contributed by atoms with Crippen LogP contribution in [-0.2, 0) is 12.4 Å². The maximum absolute atomic E-state index is 12.4. The molecule has 3 nitrogen and oxygen atoms in total. The fourth-order valence-corrected chi connectivity index (χ4v) is 4.01. The van der Waals surface area contributed by atoms with Crippen molar-refractivity contribution in [1.29, 1.82) is 0 Å². The van der Waals surface area contributed by atoms with E-state index in [4.69, 9.17) is 0 Å². The Labute approximate surface area is 186 Å². The van der Waals surface area contributed by atoms with Crippen LogP contribution in [0, 0.1) is 7.14 Å². The van der Waals surface area contributed by atoms with Crippen LogP contribution < -0.4 is 5.32 Å². The van der Waals surface area contributed by atoms with Gasteiger partial charge in [0.1, 0.15) is 10.4 Å². The molecule has 1 N–H and O–H groups in total. The van der Waals surface area contributed by atoms with Crippen LogP contribution >= 0.6 is 61.1 Å². The van der Waals surface area contributed by atoms with Crippen molar-refractivity contribution in [3.8, 4) is 0 Å². The largest absolute Gasteiger partial charge is 0.418 e. The molecule has 2 aromatic rings. The Kier molecular flexibility index (Phi) is 7.61. The molecule has 12 heteroatoms. The van der Waals surface area contributed by atoms with E-state index in [2.05, 4.69) is 31.2 Å². The summed E-state index contributed by atoms with van der Waals surface area (Å²) < 4.78 is 74.3. The first kappa shape index (κ1) is 22.9. The van der Waals surface area contributed by atoms with Gasteiger partial charge in [0.05, 0.1) is 11.1 Å². The van der Waals surface area contributed by atoms with Crippen molar-refractivity contribution in [1.82, 2.24) is 9.97 Å². The minimum absolute atomic E-state index is 0.141. The van der Waals surface area contributed by atoms with Crippen molar-refractivity contribution in [2.45, 2.75) is 31.2 Å². The van der Waals surface area contributed by atoms with Crippen molar-refractivity contribution in [3.05, 3.63) is 47.4 Å². The maximum atomic E-state index is 12.4. The molecule has 1 fully saturated rings. The molecule has 3 rings (SSSR count). The monoisotopic (exact) mass is 679 g/mol. The van der Waals surface area contributed by atoms with Crippen molar-refractivity contribution < 1.29 is 26.3 Å². The van der Waals surface area contributed by atoms with Gasteiger partial charge < -0.3 is 5.32 Å². The Bertz CT molecular complexity index is 809. The lowest BCUT2D eigenvalue weighted by molar-refractivity contribution is -0.139. The molecule has 2 heterocycles. The summed E-state index contributed by atoms with van der Waals surface area (Å²) in [5.41, 5.74) is -1.38. The highest BCUT2D eigenvalue weighted by molar-refractivity contribution is 14.1. The molecular formula is C15H10BrF6I2N3. The average molecular weight is 680 g/mol. The second-order valence-electron chi connectivity index (χ2n) is 5.45. The van der Waals surface area contributed by atoms with Gasteiger partial charge in [-0.25, -0.2) is 9.97 Å². The van der Waals surface area contributed by atoms with Crippen LogP contribution in [0.5, 0.6) is 0 Å². The summed E-state index contributed by atoms with van der Waals surface area (Å²) in [6.45, 7) is 0. The van der Waals surface area contributed by atoms with Gasteiger partial charge in [-0.2, -0.15) is 26.3 Å². The highest BCUT2D eigenvalue weighted by Crippen LogP contribution is 2.34. The Balaban J connectivity index is 0.000000199. The zero-order valence-corrected chi connectivity index (χ0v) is 19.0. The number of anilines is 1. The Morgan fingerprint density at radius 3 is 1.78 bits per heavy atom. The normalized spacial score (nSPS) is 14.4. The summed E-state index contributed by atoms with van der Waals surface area (Å²) in [6, 6.07) is 3.15. The van der Waals surface area contributed by atoms with Crippen LogP contribution in [-0.4, -0.2) is 16.0 Å². The minimum atomic E-state index is -4.32. The SMILES string of the molecule is FC(F)(F)c1cnc(Br)cc1I.FC(F)(F)c1cnc(NC2CC2)cc1I. The lowest BCUT2D eigenvalue weighted by Crippen LogP contribution is -2.10. The predicted octanol–water partition coefficient (Wildman–Crippen LogP) is 6.75. The van der Waals surface area contributed by atoms with Crippen LogP contribution in [0.3, 0.4) is 0 Å². The Morgan fingerprint density at radius 2 is 1.37 bits per heavy atom. The van der Waals surface area contributed by atoms with Crippen LogP contribution in [0.4, 0.5) is 32.2 Å². The number of nitrogens with zero attached hydrogens (tertiary/aromatic N) is 2. The molecule has 1 aliphatic carbocycles. The molecule has 27 heavy (non-hydrogen) atoms. The summed E-state index contributed by atoms with van der Waals surface area (Å²) in [4.78, 5) is 7.25. The van der Waals surface area contributed by atoms with Crippen LogP contribution in [0.25, 0.3) is 0 Å². The number of nitrogens with one attached hydrogen (secondary N) is 1. The third-order valence-electron chi connectivity index (χ3n) is 3.21. The smallest absolute Gasteiger partial charge is 0.367 e. The molecule has 0 spiro atoms. The lowest BCUT2D eigenvalue weighted by Gasteiger charge is -2.10. The number of pyridine rings is 2. The number of halogens is 9. The van der Waals surface area contributed by atoms with Gasteiger partial charge in [-0.1, -0.05) is 0 Å². The van der Waals surface area contributed by atoms with Crippen LogP contribution in [0.15, 0.2) is 29.1 Å². The van der Waals surface area contributed by atoms with Crippen molar-refractivity contribution in [3.63, 3.8) is 0 Å². The van der Waals surface area contributed by atoms with Gasteiger partial charge in [0.25, 0.3) is 0 Å². The number of hydrogen-bond donors (Lipinski definition) is 1. The lowest BCUT2D eigenvalue weighted by atomic mass is 10.3. The molecule has 0 aromatic carbocycles. The Hall–Kier alpha value is -0.380. The fourth-order valence-electron chi connectivity index (χ4n) is 1.77. The van der Waals surface area contributed by atoms with Gasteiger partial charge in [-0.15, -0.1) is 0 Å². The highest BCUT2D eigenvalue weighted by atomic mass is 127. The Morgan fingerprint density at radius 1 is 0.889 bits per heavy atom. The predicted molar refractivity (Wildman–Crippen MR) is 108 cm³/mol. The molecule has 0 bridgehead atoms. The van der Waals surface area contributed by atoms with Crippen molar-refractivity contribution in [2.24, 2.45) is 0 Å². The number of alkyl halides is 6. The molecule has 0 amide bonds. The molecular weight excluding hydrogens is 670 g/mol. The number of rotatable bonds is 2. The first-order chi connectivity index (χ1) is 12.4. The second kappa shape index (κ2) is 8.97. The van der Waals surface area contributed by atoms with E-state index in [1.54, 1.807) is 45.2 Å². The summed E-state index contributed by atoms with van der Waals surface area (Å²) >= 11 is 6.28. The van der Waals surface area contributed by atoms with E-state index in [1.807, 2.05) is 0 Å². The molecule has 148 valence electrons. The van der Waals surface area contributed by atoms with Gasteiger partial charge in [0.2, 0.25) is 0 Å². The molecule has 1 aliphatic rings. The van der Waals surface area contributed by atoms with E-state index in [0.717, 1.165) is 25.2 Å². The van der Waals surface area contributed by atoms with Gasteiger partial charge in [-0.3, -0.25) is 0 Å². The molecule has 0 aliphatic heterocycles. The number of aromatic nitrogens is 2. The molecule has 0 atom stereocenters. The van der Waals surface area contributed by atoms with E-state index in [-0.39, 0.29) is 7.14 Å². The summed E-state index contributed by atoms with van der Waals surface area (Å²) in [7, 11) is 0. The topological polar surface area (TPSA) is 37.8 Å². The van der Waals surface area contributed by atoms with Gasteiger partial charge in [-0.05, 0) is 86.1 Å². The number of hydrogen-bond acceptors (Lipinski definition) is 3. The molecule has 1 saturated carbocycles. The summed E-state index contributed by atoms with van der Waals surface area (Å²) in [5, 5.41) is 3.05. The minimum Gasteiger partial charge on any atom is -0.367 e. The summed E-state index contributed by atoms with van der Waals surface area (Å²) in [6.07, 6.45) is -4.80. The van der Waals surface area contributed by atoms with Crippen molar-refractivity contribution >= 4 is 66.9 Å². The third kappa shape index (κ3) is 7.18. The van der Waals surface area contributed by atoms with E-state index >= 15 is 0 Å². The van der Waals surface area contributed by atoms with E-state index < -0.39 is 23.5 Å². The molecule has 0 saturated heterocycles. The first-order valence-electron chi connectivity index (χ1n) is 7.25. The second-order valence-corrected chi connectivity index (χ2v) is 8.59. The zero-order chi connectivity index (χ0) is 20.4. The van der Waals surface area contributed by atoms with Crippen LogP contribution in [0.1, 0.15) is 24.0 Å². The molecule has 2 aromatic heterocycles. The average Bonchev–Trinajstić information content (AvgIpc) is 3.29. The van der Waals surface area contributed by atoms with E-state index in [1.165, 1.54) is 12.1 Å². The van der Waals surface area contributed by atoms with Gasteiger partial charge in [0, 0.05) is 25.6 Å². The third-order valence-corrected chi connectivity index (χ3v) is 5.43. The maximum Gasteiger partial charge on any atom is 0.418 e. The first-order valence-corrected chi connectivity index (χ1v) is 10.2. The molecule has 0 radical (unpaired) electrons. The fraction of sp³-hybridized carbons (Fsp3) is 0.333. The van der Waals surface area contributed by atoms with E-state index in [0.29, 0.717) is 16.5 Å². The van der Waals surface area contributed by atoms with E-state index in [9.17, 15) is 26.3 Å². The van der Waals surface area contributed by atoms with Gasteiger partial charge >= 0.3 is 12.4 Å². The van der Waals surface area contributed by atoms with Crippen molar-refractivity contribution in [2.75, 3.05) is 5.32 Å². The highest BCUT2D eigenvalue weighted by Gasteiger charge is 2.34. The quantitative estimate of drug-likeness (QED) is 0.217. The zero-order valence-electron chi connectivity index (χ0n) is 13.1. The van der Waals surface area contributed by atoms with Crippen LogP contribution in [0.2, 0.25) is 0 Å². The molecule has 0 unspecified atom stereocenters. The standard InChI is InChI=1S/C9H8F3IN2.C6H2BrF3IN/c10-9(11,12)6-4-14-8(3-7(6)13)15-5-1-2-5;7-5-1-4(11)3(2-12-5)6(8,9)10/h3-5H,1-2H2,(H,14,15);1-2H. The summed E-state index contributed by atoms with van der Waals surface area (Å²) in [5.74, 6) is 0.523. The van der Waals surface area contributed by atoms with Gasteiger partial charge in [0.15, 0.2) is 0 Å².